The predicted octanol–water partition coefficient (Wildman–Crippen LogP) is 5.62. The Kier molecular flexibility index (Phi) is 15.8. The molecule has 6 heterocycles. The summed E-state index contributed by atoms with van der Waals surface area (Å²) in [6.45, 7) is 5.69. The number of H-pyrrole nitrogens is 7. The van der Waals surface area contributed by atoms with E-state index in [0.717, 1.165) is 60.2 Å². The summed E-state index contributed by atoms with van der Waals surface area (Å²) in [7, 11) is 0. The molecule has 0 aliphatic carbocycles. The highest BCUT2D eigenvalue weighted by atomic mass is 35.5. The normalized spacial score (nSPS) is 10.6. The van der Waals surface area contributed by atoms with Crippen molar-refractivity contribution < 1.29 is 0 Å². The molecule has 64 heavy (non-hydrogen) atoms. The van der Waals surface area contributed by atoms with Crippen LogP contribution >= 0.6 is 47.3 Å². The topological polar surface area (TPSA) is 277 Å². The third-order valence-corrected chi connectivity index (χ3v) is 11.4. The second kappa shape index (κ2) is 21.8. The number of nitrogens with one attached hydrogen (secondary N) is 7. The monoisotopic (exact) mass is 936 g/mol. The lowest BCUT2D eigenvalue weighted by atomic mass is 10.3. The van der Waals surface area contributed by atoms with Gasteiger partial charge in [0.2, 0.25) is 0 Å². The van der Waals surface area contributed by atoms with Gasteiger partial charge in [0.25, 0.3) is 16.7 Å². The fourth-order valence-electron chi connectivity index (χ4n) is 5.62. The summed E-state index contributed by atoms with van der Waals surface area (Å²) in [6, 6.07) is 27.2. The van der Waals surface area contributed by atoms with Crippen LogP contribution in [0.25, 0.3) is 33.1 Å². The Labute approximate surface area is 378 Å². The standard InChI is InChI=1S/2C14H12N4O2S.C9H8N2S.C5H5ClN2O2/c2*1-8-13(17-11-5-3-2-4-10(11)15-8)21-7-9-6-12(19)18-14(20)16-9;1-6-9(12)11-8-5-3-2-4-7(8)10-6;6-2-3-1-4(9)8-5(10)7-3/h2*2-6H,7H2,1H3,(H2,16,18,19,20);2-5H,1H3,(H,11,12);1H,2H2,(H2,7,8,9,10). The van der Waals surface area contributed by atoms with E-state index in [9.17, 15) is 28.8 Å². The first kappa shape index (κ1) is 46.4. The zero-order chi connectivity index (χ0) is 45.8. The second-order valence-electron chi connectivity index (χ2n) is 13.4. The number of nitrogens with zero attached hydrogens (tertiary/aromatic N) is 5. The van der Waals surface area contributed by atoms with E-state index in [4.69, 9.17) is 23.8 Å². The van der Waals surface area contributed by atoms with Crippen LogP contribution in [0.5, 0.6) is 0 Å². The van der Waals surface area contributed by atoms with Gasteiger partial charge in [-0.05, 0) is 57.2 Å². The van der Waals surface area contributed by atoms with Crippen LogP contribution < -0.4 is 33.7 Å². The number of benzene rings is 3. The Morgan fingerprint density at radius 1 is 0.469 bits per heavy atom. The lowest BCUT2D eigenvalue weighted by molar-refractivity contribution is 0.981. The highest BCUT2D eigenvalue weighted by Crippen LogP contribution is 2.25. The van der Waals surface area contributed by atoms with Crippen LogP contribution in [0.3, 0.4) is 0 Å². The predicted molar refractivity (Wildman–Crippen MR) is 252 cm³/mol. The minimum atomic E-state index is -0.525. The van der Waals surface area contributed by atoms with Crippen molar-refractivity contribution in [3.05, 3.63) is 192 Å². The number of fused-ring (bicyclic) bond motifs is 3. The minimum absolute atomic E-state index is 0.138. The van der Waals surface area contributed by atoms with Gasteiger partial charge in [0.05, 0.1) is 56.1 Å². The molecule has 0 spiro atoms. The van der Waals surface area contributed by atoms with Crippen LogP contribution in [-0.2, 0) is 17.4 Å². The second-order valence-corrected chi connectivity index (χ2v) is 16.0. The molecule has 3 aromatic carbocycles. The van der Waals surface area contributed by atoms with Crippen molar-refractivity contribution in [3.8, 4) is 0 Å². The van der Waals surface area contributed by atoms with Crippen LogP contribution in [0.4, 0.5) is 0 Å². The van der Waals surface area contributed by atoms with Crippen LogP contribution in [0.2, 0.25) is 0 Å². The minimum Gasteiger partial charge on any atom is -0.343 e. The molecule has 6 aromatic heterocycles. The van der Waals surface area contributed by atoms with Crippen LogP contribution in [0, 0.1) is 25.4 Å². The van der Waals surface area contributed by atoms with Gasteiger partial charge in [0, 0.05) is 46.8 Å². The zero-order valence-electron chi connectivity index (χ0n) is 34.1. The molecule has 22 heteroatoms. The first-order valence-electron chi connectivity index (χ1n) is 18.9. The zero-order valence-corrected chi connectivity index (χ0v) is 37.3. The number of hydrogen-bond donors (Lipinski definition) is 7. The van der Waals surface area contributed by atoms with Gasteiger partial charge in [-0.2, -0.15) is 0 Å². The third-order valence-electron chi connectivity index (χ3n) is 8.49. The van der Waals surface area contributed by atoms with Crippen LogP contribution in [-0.4, -0.2) is 59.8 Å². The number of thioether (sulfide) groups is 2. The molecule has 9 rings (SSSR count). The summed E-state index contributed by atoms with van der Waals surface area (Å²) >= 11 is 13.3. The Bertz CT molecular complexity index is 3290. The molecule has 0 aliphatic rings. The molecular weight excluding hydrogens is 900 g/mol. The fraction of sp³-hybridized carbons (Fsp3) is 0.143. The smallest absolute Gasteiger partial charge is 0.325 e. The number of rotatable bonds is 7. The summed E-state index contributed by atoms with van der Waals surface area (Å²) in [5, 5.41) is 1.57. The molecule has 0 atom stereocenters. The van der Waals surface area contributed by atoms with Crippen molar-refractivity contribution in [1.29, 1.82) is 0 Å². The van der Waals surface area contributed by atoms with Crippen molar-refractivity contribution >= 4 is 80.4 Å². The largest absolute Gasteiger partial charge is 0.343 e. The van der Waals surface area contributed by atoms with Crippen molar-refractivity contribution in [1.82, 2.24) is 59.8 Å². The van der Waals surface area contributed by atoms with Crippen LogP contribution in [0.1, 0.15) is 34.2 Å². The maximum Gasteiger partial charge on any atom is 0.325 e. The van der Waals surface area contributed by atoms with E-state index in [2.05, 4.69) is 54.8 Å². The van der Waals surface area contributed by atoms with E-state index in [1.807, 2.05) is 98.6 Å². The van der Waals surface area contributed by atoms with E-state index in [0.29, 0.717) is 33.2 Å². The summed E-state index contributed by atoms with van der Waals surface area (Å²) in [6.07, 6.45) is 0. The summed E-state index contributed by atoms with van der Waals surface area (Å²) in [5.41, 5.74) is 6.61. The van der Waals surface area contributed by atoms with E-state index in [1.165, 1.54) is 41.7 Å². The number of aryl methyl sites for hydroxylation is 3. The Hall–Kier alpha value is -7.07. The van der Waals surface area contributed by atoms with Crippen molar-refractivity contribution in [3.63, 3.8) is 0 Å². The van der Waals surface area contributed by atoms with E-state index < -0.39 is 33.7 Å². The number of aromatic nitrogens is 12. The SMILES string of the molecule is Cc1nc2ccccc2[nH]c1=S.Cc1nc2ccccc2nc1SCc1cc(=O)[nH]c(=O)[nH]1.Cc1nc2ccccc2nc1SCc1cc(=O)[nH]c(=O)[nH]1.O=c1cc(CCl)[nH]c(=O)[nH]1. The Morgan fingerprint density at radius 2 is 0.828 bits per heavy atom. The summed E-state index contributed by atoms with van der Waals surface area (Å²) in [5.74, 6) is 1.04. The van der Waals surface area contributed by atoms with Gasteiger partial charge in [-0.1, -0.05) is 72.1 Å². The molecule has 9 aromatic rings. The summed E-state index contributed by atoms with van der Waals surface area (Å²) in [4.78, 5) is 105. The number of hydrogen-bond acceptors (Lipinski definition) is 14. The molecule has 0 saturated heterocycles. The lowest BCUT2D eigenvalue weighted by Crippen LogP contribution is -2.22. The molecule has 7 N–H and O–H groups in total. The first-order valence-corrected chi connectivity index (χ1v) is 21.9. The summed E-state index contributed by atoms with van der Waals surface area (Å²) < 4.78 is 0.716. The average Bonchev–Trinajstić information content (AvgIpc) is 3.25. The van der Waals surface area contributed by atoms with Gasteiger partial charge >= 0.3 is 17.1 Å². The molecule has 0 radical (unpaired) electrons. The van der Waals surface area contributed by atoms with Gasteiger partial charge < -0.3 is 19.9 Å². The molecule has 0 fully saturated rings. The maximum atomic E-state index is 11.3. The molecule has 0 saturated carbocycles. The van der Waals surface area contributed by atoms with Gasteiger partial charge in [0.1, 0.15) is 14.7 Å². The van der Waals surface area contributed by atoms with E-state index >= 15 is 0 Å². The van der Waals surface area contributed by atoms with Crippen molar-refractivity contribution in [2.45, 2.75) is 48.2 Å². The lowest BCUT2D eigenvalue weighted by Gasteiger charge is -2.06. The maximum absolute atomic E-state index is 11.3. The highest BCUT2D eigenvalue weighted by Gasteiger charge is 2.09. The molecule has 0 bridgehead atoms. The van der Waals surface area contributed by atoms with Gasteiger partial charge in [-0.25, -0.2) is 39.3 Å². The number of alkyl halides is 1. The van der Waals surface area contributed by atoms with Crippen molar-refractivity contribution in [2.75, 3.05) is 0 Å². The first-order chi connectivity index (χ1) is 30.7. The fourth-order valence-corrected chi connectivity index (χ4v) is 7.65. The number of para-hydroxylation sites is 6. The molecule has 0 amide bonds. The Balaban J connectivity index is 0.000000148. The quantitative estimate of drug-likeness (QED) is 0.0581. The molecule has 0 unspecified atom stereocenters. The molecule has 0 aliphatic heterocycles. The van der Waals surface area contributed by atoms with Crippen molar-refractivity contribution in [2.24, 2.45) is 0 Å². The highest BCUT2D eigenvalue weighted by molar-refractivity contribution is 7.98. The third kappa shape index (κ3) is 13.2. The average molecular weight is 937 g/mol. The van der Waals surface area contributed by atoms with E-state index in [1.54, 1.807) is 0 Å². The van der Waals surface area contributed by atoms with Gasteiger partial charge in [-0.15, -0.1) is 11.6 Å². The molecule has 326 valence electrons. The van der Waals surface area contributed by atoms with E-state index in [-0.39, 0.29) is 5.88 Å². The molecule has 18 nitrogen and oxygen atoms in total. The van der Waals surface area contributed by atoms with Gasteiger partial charge in [0.15, 0.2) is 0 Å². The number of halogens is 1. The number of aromatic amines is 7. The van der Waals surface area contributed by atoms with Crippen LogP contribution in [0.15, 0.2) is 130 Å². The van der Waals surface area contributed by atoms with Gasteiger partial charge in [-0.3, -0.25) is 29.3 Å². The Morgan fingerprint density at radius 3 is 1.25 bits per heavy atom. The molecular formula is C42H37ClN12O6S3.